The molecular formula is C17H18BrN3O2S. The number of carbonyl (C=O) groups excluding carboxylic acids is 2. The van der Waals surface area contributed by atoms with Gasteiger partial charge in [0.05, 0.1) is 10.0 Å². The van der Waals surface area contributed by atoms with Crippen molar-refractivity contribution in [3.63, 3.8) is 0 Å². The largest absolute Gasteiger partial charge is 0.326 e. The van der Waals surface area contributed by atoms with Crippen molar-refractivity contribution in [2.45, 2.75) is 26.7 Å². The fraction of sp³-hybridized carbons (Fsp3) is 0.235. The van der Waals surface area contributed by atoms with Crippen LogP contribution in [0.25, 0.3) is 0 Å². The van der Waals surface area contributed by atoms with E-state index in [0.717, 1.165) is 25.5 Å². The summed E-state index contributed by atoms with van der Waals surface area (Å²) >= 11 is 4.87. The Hall–Kier alpha value is -1.99. The predicted octanol–water partition coefficient (Wildman–Crippen LogP) is 4.00. The molecule has 2 rings (SSSR count). The molecule has 0 fully saturated rings. The Morgan fingerprint density at radius 3 is 2.62 bits per heavy atom. The third-order valence-electron chi connectivity index (χ3n) is 3.22. The molecule has 0 saturated heterocycles. The molecule has 126 valence electrons. The van der Waals surface area contributed by atoms with Gasteiger partial charge in [-0.2, -0.15) is 5.10 Å². The summed E-state index contributed by atoms with van der Waals surface area (Å²) < 4.78 is 0.999. The zero-order valence-electron chi connectivity index (χ0n) is 13.4. The summed E-state index contributed by atoms with van der Waals surface area (Å²) in [7, 11) is 0. The number of nitrogens with zero attached hydrogens (tertiary/aromatic N) is 1. The normalized spacial score (nSPS) is 10.8. The summed E-state index contributed by atoms with van der Waals surface area (Å²) in [6, 6.07) is 9.65. The van der Waals surface area contributed by atoms with Gasteiger partial charge in [0, 0.05) is 23.4 Å². The lowest BCUT2D eigenvalue weighted by Crippen LogP contribution is -2.20. The Balaban J connectivity index is 1.75. The number of carbonyl (C=O) groups is 2. The average molecular weight is 408 g/mol. The molecule has 1 aromatic heterocycles. The number of halogens is 1. The van der Waals surface area contributed by atoms with E-state index >= 15 is 0 Å². The first-order valence-corrected chi connectivity index (χ1v) is 8.99. The van der Waals surface area contributed by atoms with E-state index in [-0.39, 0.29) is 24.7 Å². The maximum atomic E-state index is 11.9. The Bertz CT molecular complexity index is 771. The van der Waals surface area contributed by atoms with Crippen molar-refractivity contribution in [1.29, 1.82) is 0 Å². The van der Waals surface area contributed by atoms with E-state index in [1.54, 1.807) is 6.21 Å². The molecule has 7 heteroatoms. The second kappa shape index (κ2) is 8.75. The number of nitrogens with one attached hydrogen (secondary N) is 2. The summed E-state index contributed by atoms with van der Waals surface area (Å²) in [5.41, 5.74) is 5.26. The highest BCUT2D eigenvalue weighted by atomic mass is 79.9. The molecule has 0 spiro atoms. The van der Waals surface area contributed by atoms with E-state index in [0.29, 0.717) is 0 Å². The number of amides is 2. The van der Waals surface area contributed by atoms with E-state index in [4.69, 9.17) is 0 Å². The Morgan fingerprint density at radius 2 is 1.92 bits per heavy atom. The van der Waals surface area contributed by atoms with Gasteiger partial charge in [-0.15, -0.1) is 11.3 Å². The molecule has 2 N–H and O–H groups in total. The quantitative estimate of drug-likeness (QED) is 0.561. The number of hydrogen-bond donors (Lipinski definition) is 2. The Morgan fingerprint density at radius 1 is 1.17 bits per heavy atom. The van der Waals surface area contributed by atoms with Crippen LogP contribution in [-0.4, -0.2) is 18.0 Å². The number of thiophene rings is 1. The van der Waals surface area contributed by atoms with Crippen LogP contribution >= 0.6 is 27.3 Å². The van der Waals surface area contributed by atoms with Gasteiger partial charge in [-0.3, -0.25) is 9.59 Å². The first-order valence-electron chi connectivity index (χ1n) is 7.38. The highest BCUT2D eigenvalue weighted by Gasteiger charge is 2.08. The van der Waals surface area contributed by atoms with Gasteiger partial charge in [0.25, 0.3) is 0 Å². The molecular weight excluding hydrogens is 390 g/mol. The maximum absolute atomic E-state index is 11.9. The molecule has 1 aromatic carbocycles. The fourth-order valence-electron chi connectivity index (χ4n) is 1.93. The van der Waals surface area contributed by atoms with Gasteiger partial charge >= 0.3 is 0 Å². The van der Waals surface area contributed by atoms with Gasteiger partial charge in [0.15, 0.2) is 0 Å². The van der Waals surface area contributed by atoms with Crippen LogP contribution in [0.3, 0.4) is 0 Å². The van der Waals surface area contributed by atoms with Crippen LogP contribution in [0, 0.1) is 13.8 Å². The van der Waals surface area contributed by atoms with E-state index in [9.17, 15) is 9.59 Å². The van der Waals surface area contributed by atoms with Crippen molar-refractivity contribution in [3.05, 3.63) is 50.1 Å². The average Bonchev–Trinajstić information content (AvgIpc) is 2.94. The van der Waals surface area contributed by atoms with Gasteiger partial charge in [0.2, 0.25) is 11.8 Å². The topological polar surface area (TPSA) is 70.6 Å². The second-order valence-electron chi connectivity index (χ2n) is 5.30. The summed E-state index contributed by atoms with van der Waals surface area (Å²) in [5.74, 6) is -0.483. The second-order valence-corrected chi connectivity index (χ2v) is 7.80. The number of benzene rings is 1. The van der Waals surface area contributed by atoms with Crippen molar-refractivity contribution in [2.75, 3.05) is 5.32 Å². The SMILES string of the molecule is Cc1ccc(C)c(NC(=O)CCC(=O)N/N=C/c2ccc(Br)s2)c1. The van der Waals surface area contributed by atoms with Gasteiger partial charge in [-0.05, 0) is 59.1 Å². The summed E-state index contributed by atoms with van der Waals surface area (Å²) in [6.07, 6.45) is 1.77. The molecule has 0 unspecified atom stereocenters. The minimum absolute atomic E-state index is 0.0855. The molecule has 0 radical (unpaired) electrons. The van der Waals surface area contributed by atoms with Gasteiger partial charge < -0.3 is 5.32 Å². The van der Waals surface area contributed by atoms with Crippen molar-refractivity contribution in [3.8, 4) is 0 Å². The molecule has 0 aliphatic carbocycles. The molecule has 24 heavy (non-hydrogen) atoms. The Labute approximate surface area is 153 Å². The molecule has 0 aliphatic rings. The number of anilines is 1. The molecule has 2 amide bonds. The lowest BCUT2D eigenvalue weighted by molar-refractivity contribution is -0.124. The molecule has 0 aliphatic heterocycles. The van der Waals surface area contributed by atoms with Crippen LogP contribution in [0.4, 0.5) is 5.69 Å². The molecule has 1 heterocycles. The van der Waals surface area contributed by atoms with Crippen LogP contribution in [0.2, 0.25) is 0 Å². The third-order valence-corrected chi connectivity index (χ3v) is 4.78. The lowest BCUT2D eigenvalue weighted by Gasteiger charge is -2.09. The molecule has 0 saturated carbocycles. The number of hydrazone groups is 1. The van der Waals surface area contributed by atoms with Crippen molar-refractivity contribution in [1.82, 2.24) is 5.43 Å². The minimum Gasteiger partial charge on any atom is -0.326 e. The highest BCUT2D eigenvalue weighted by molar-refractivity contribution is 9.11. The van der Waals surface area contributed by atoms with Gasteiger partial charge in [-0.1, -0.05) is 12.1 Å². The molecule has 5 nitrogen and oxygen atoms in total. The minimum atomic E-state index is -0.294. The summed E-state index contributed by atoms with van der Waals surface area (Å²) in [5, 5.41) is 6.71. The predicted molar refractivity (Wildman–Crippen MR) is 102 cm³/mol. The third kappa shape index (κ3) is 5.90. The van der Waals surface area contributed by atoms with Crippen LogP contribution in [0.5, 0.6) is 0 Å². The smallest absolute Gasteiger partial charge is 0.240 e. The van der Waals surface area contributed by atoms with E-state index in [2.05, 4.69) is 31.8 Å². The van der Waals surface area contributed by atoms with Crippen LogP contribution in [0.1, 0.15) is 28.8 Å². The molecule has 0 atom stereocenters. The van der Waals surface area contributed by atoms with Crippen molar-refractivity contribution < 1.29 is 9.59 Å². The number of rotatable bonds is 6. The van der Waals surface area contributed by atoms with Crippen LogP contribution in [0.15, 0.2) is 39.2 Å². The van der Waals surface area contributed by atoms with Crippen LogP contribution < -0.4 is 10.7 Å². The Kier molecular flexibility index (Phi) is 6.69. The standard InChI is InChI=1S/C17H18BrN3O2S/c1-11-3-4-12(2)14(9-11)20-16(22)7-8-17(23)21-19-10-13-5-6-15(18)24-13/h3-6,9-10H,7-8H2,1-2H3,(H,20,22)(H,21,23)/b19-10+. The molecule has 0 bridgehead atoms. The maximum Gasteiger partial charge on any atom is 0.240 e. The first-order chi connectivity index (χ1) is 11.4. The number of hydrogen-bond acceptors (Lipinski definition) is 4. The number of aryl methyl sites for hydroxylation is 2. The summed E-state index contributed by atoms with van der Waals surface area (Å²) in [6.45, 7) is 3.89. The lowest BCUT2D eigenvalue weighted by atomic mass is 10.1. The van der Waals surface area contributed by atoms with Gasteiger partial charge in [-0.25, -0.2) is 5.43 Å². The zero-order chi connectivity index (χ0) is 17.5. The zero-order valence-corrected chi connectivity index (χ0v) is 15.8. The van der Waals surface area contributed by atoms with E-state index in [1.807, 2.05) is 44.2 Å². The van der Waals surface area contributed by atoms with Gasteiger partial charge in [0.1, 0.15) is 0 Å². The van der Waals surface area contributed by atoms with E-state index < -0.39 is 0 Å². The first kappa shape index (κ1) is 18.4. The fourth-order valence-corrected chi connectivity index (χ4v) is 3.23. The summed E-state index contributed by atoms with van der Waals surface area (Å²) in [4.78, 5) is 24.6. The highest BCUT2D eigenvalue weighted by Crippen LogP contribution is 2.20. The van der Waals surface area contributed by atoms with Crippen LogP contribution in [-0.2, 0) is 9.59 Å². The molecule has 2 aromatic rings. The van der Waals surface area contributed by atoms with Crippen molar-refractivity contribution >= 4 is 51.0 Å². The van der Waals surface area contributed by atoms with E-state index in [1.165, 1.54) is 11.3 Å². The monoisotopic (exact) mass is 407 g/mol. The van der Waals surface area contributed by atoms with Crippen molar-refractivity contribution in [2.24, 2.45) is 5.10 Å².